The van der Waals surface area contributed by atoms with Crippen LogP contribution in [-0.4, -0.2) is 42.7 Å². The topological polar surface area (TPSA) is 32.3 Å². The Balaban J connectivity index is 1.78. The molecule has 0 aliphatic carbocycles. The van der Waals surface area contributed by atoms with Gasteiger partial charge in [0.25, 0.3) is 0 Å². The van der Waals surface area contributed by atoms with Crippen LogP contribution < -0.4 is 5.32 Å². The normalized spacial score (nSPS) is 15.6. The summed E-state index contributed by atoms with van der Waals surface area (Å²) in [5.41, 5.74) is 1.02. The van der Waals surface area contributed by atoms with Crippen LogP contribution in [-0.2, 0) is 10.5 Å². The Kier molecular flexibility index (Phi) is 5.82. The van der Waals surface area contributed by atoms with E-state index >= 15 is 0 Å². The second-order valence-corrected chi connectivity index (χ2v) is 6.19. The van der Waals surface area contributed by atoms with Crippen molar-refractivity contribution in [3.8, 4) is 0 Å². The third-order valence-corrected chi connectivity index (χ3v) is 4.52. The lowest BCUT2D eigenvalue weighted by atomic mass is 10.2. The van der Waals surface area contributed by atoms with Gasteiger partial charge in [-0.15, -0.1) is 11.8 Å². The Morgan fingerprint density at radius 1 is 1.32 bits per heavy atom. The molecular formula is C13H16Cl2N2OS. The molecule has 1 aliphatic rings. The number of carbonyl (C=O) groups excluding carboxylic acids is 1. The van der Waals surface area contributed by atoms with Crippen molar-refractivity contribution in [3.63, 3.8) is 0 Å². The molecule has 104 valence electrons. The molecule has 0 aromatic heterocycles. The molecule has 3 nitrogen and oxygen atoms in total. The van der Waals surface area contributed by atoms with Crippen molar-refractivity contribution in [3.05, 3.63) is 33.8 Å². The molecule has 0 unspecified atom stereocenters. The van der Waals surface area contributed by atoms with Gasteiger partial charge in [-0.2, -0.15) is 0 Å². The lowest BCUT2D eigenvalue weighted by Gasteiger charge is -2.27. The number of nitrogens with zero attached hydrogens (tertiary/aromatic N) is 1. The number of amides is 1. The summed E-state index contributed by atoms with van der Waals surface area (Å²) in [5.74, 6) is 1.43. The molecule has 6 heteroatoms. The van der Waals surface area contributed by atoms with Gasteiger partial charge in [0, 0.05) is 42.0 Å². The van der Waals surface area contributed by atoms with Crippen LogP contribution in [0.5, 0.6) is 0 Å². The maximum absolute atomic E-state index is 12.0. The molecule has 1 fully saturated rings. The zero-order valence-corrected chi connectivity index (χ0v) is 12.8. The van der Waals surface area contributed by atoms with E-state index in [0.29, 0.717) is 15.8 Å². The number of thioether (sulfide) groups is 1. The quantitative estimate of drug-likeness (QED) is 0.926. The highest BCUT2D eigenvalue weighted by molar-refractivity contribution is 7.99. The van der Waals surface area contributed by atoms with Gasteiger partial charge in [-0.25, -0.2) is 0 Å². The molecule has 1 heterocycles. The van der Waals surface area contributed by atoms with E-state index in [9.17, 15) is 4.79 Å². The summed E-state index contributed by atoms with van der Waals surface area (Å²) >= 11 is 13.5. The van der Waals surface area contributed by atoms with Crippen molar-refractivity contribution in [2.45, 2.75) is 5.75 Å². The van der Waals surface area contributed by atoms with Crippen molar-refractivity contribution < 1.29 is 4.79 Å². The van der Waals surface area contributed by atoms with Gasteiger partial charge >= 0.3 is 0 Å². The molecule has 0 bridgehead atoms. The zero-order chi connectivity index (χ0) is 13.7. The molecular weight excluding hydrogens is 303 g/mol. The minimum absolute atomic E-state index is 0.205. The van der Waals surface area contributed by atoms with Gasteiger partial charge in [0.2, 0.25) is 5.91 Å². The van der Waals surface area contributed by atoms with Gasteiger partial charge in [-0.3, -0.25) is 4.79 Å². The number of piperazine rings is 1. The van der Waals surface area contributed by atoms with Crippen LogP contribution in [0.25, 0.3) is 0 Å². The van der Waals surface area contributed by atoms with E-state index in [2.05, 4.69) is 5.32 Å². The van der Waals surface area contributed by atoms with Crippen molar-refractivity contribution in [1.82, 2.24) is 10.2 Å². The van der Waals surface area contributed by atoms with E-state index in [4.69, 9.17) is 23.2 Å². The lowest BCUT2D eigenvalue weighted by Crippen LogP contribution is -2.47. The second-order valence-electron chi connectivity index (χ2n) is 4.36. The summed E-state index contributed by atoms with van der Waals surface area (Å²) < 4.78 is 0. The van der Waals surface area contributed by atoms with Gasteiger partial charge in [0.15, 0.2) is 0 Å². The summed E-state index contributed by atoms with van der Waals surface area (Å²) in [6.45, 7) is 3.39. The number of benzene rings is 1. The Labute approximate surface area is 127 Å². The number of hydrogen-bond acceptors (Lipinski definition) is 3. The Morgan fingerprint density at radius 3 is 2.74 bits per heavy atom. The maximum Gasteiger partial charge on any atom is 0.232 e. The molecule has 1 aliphatic heterocycles. The van der Waals surface area contributed by atoms with Crippen molar-refractivity contribution in [2.24, 2.45) is 0 Å². The Hall–Kier alpha value is -0.420. The first kappa shape index (κ1) is 15.0. The predicted molar refractivity (Wildman–Crippen MR) is 82.1 cm³/mol. The van der Waals surface area contributed by atoms with Crippen molar-refractivity contribution in [2.75, 3.05) is 31.9 Å². The smallest absolute Gasteiger partial charge is 0.232 e. The van der Waals surface area contributed by atoms with Crippen LogP contribution >= 0.6 is 35.0 Å². The maximum atomic E-state index is 12.0. The first-order valence-electron chi connectivity index (χ1n) is 6.17. The SMILES string of the molecule is O=C(CSCc1ccc(Cl)cc1Cl)N1CCNCC1. The summed E-state index contributed by atoms with van der Waals surface area (Å²) in [6.07, 6.45) is 0. The Bertz CT molecular complexity index is 450. The number of rotatable bonds is 4. The average molecular weight is 319 g/mol. The van der Waals surface area contributed by atoms with Gasteiger partial charge in [-0.1, -0.05) is 29.3 Å². The lowest BCUT2D eigenvalue weighted by molar-refractivity contribution is -0.128. The fourth-order valence-corrected chi connectivity index (χ4v) is 3.38. The van der Waals surface area contributed by atoms with Crippen LogP contribution in [0, 0.1) is 0 Å². The molecule has 19 heavy (non-hydrogen) atoms. The van der Waals surface area contributed by atoms with E-state index in [1.165, 1.54) is 0 Å². The molecule has 0 radical (unpaired) electrons. The summed E-state index contributed by atoms with van der Waals surface area (Å²) in [6, 6.07) is 5.46. The highest BCUT2D eigenvalue weighted by atomic mass is 35.5. The summed E-state index contributed by atoms with van der Waals surface area (Å²) in [5, 5.41) is 4.53. The summed E-state index contributed by atoms with van der Waals surface area (Å²) in [7, 11) is 0. The van der Waals surface area contributed by atoms with Crippen molar-refractivity contribution in [1.29, 1.82) is 0 Å². The number of nitrogens with one attached hydrogen (secondary N) is 1. The second kappa shape index (κ2) is 7.39. The van der Waals surface area contributed by atoms with E-state index in [1.807, 2.05) is 17.0 Å². The average Bonchev–Trinajstić information content (AvgIpc) is 2.42. The molecule has 1 amide bonds. The first-order valence-corrected chi connectivity index (χ1v) is 8.08. The highest BCUT2D eigenvalue weighted by Gasteiger charge is 2.15. The predicted octanol–water partition coefficient (Wildman–Crippen LogP) is 2.66. The van der Waals surface area contributed by atoms with Gasteiger partial charge in [0.1, 0.15) is 0 Å². The first-order chi connectivity index (χ1) is 9.16. The monoisotopic (exact) mass is 318 g/mol. The molecule has 1 N–H and O–H groups in total. The largest absolute Gasteiger partial charge is 0.339 e. The minimum atomic E-state index is 0.205. The van der Waals surface area contributed by atoms with Crippen LogP contribution in [0.15, 0.2) is 18.2 Å². The van der Waals surface area contributed by atoms with Gasteiger partial charge in [0.05, 0.1) is 5.75 Å². The van der Waals surface area contributed by atoms with E-state index < -0.39 is 0 Å². The van der Waals surface area contributed by atoms with E-state index in [0.717, 1.165) is 37.5 Å². The Morgan fingerprint density at radius 2 is 2.05 bits per heavy atom. The third kappa shape index (κ3) is 4.56. The molecule has 1 aromatic rings. The molecule has 1 saturated heterocycles. The summed E-state index contributed by atoms with van der Waals surface area (Å²) in [4.78, 5) is 13.9. The van der Waals surface area contributed by atoms with Gasteiger partial charge in [-0.05, 0) is 17.7 Å². The molecule has 0 saturated carbocycles. The third-order valence-electron chi connectivity index (χ3n) is 2.97. The number of halogens is 2. The molecule has 0 spiro atoms. The highest BCUT2D eigenvalue weighted by Crippen LogP contribution is 2.24. The fraction of sp³-hybridized carbons (Fsp3) is 0.462. The molecule has 0 atom stereocenters. The fourth-order valence-electron chi connectivity index (χ4n) is 1.89. The number of carbonyl (C=O) groups is 1. The van der Waals surface area contributed by atoms with Crippen LogP contribution in [0.1, 0.15) is 5.56 Å². The van der Waals surface area contributed by atoms with Crippen LogP contribution in [0.2, 0.25) is 10.0 Å². The van der Waals surface area contributed by atoms with E-state index in [1.54, 1.807) is 17.8 Å². The molecule has 1 aromatic carbocycles. The molecule has 2 rings (SSSR count). The van der Waals surface area contributed by atoms with Crippen LogP contribution in [0.4, 0.5) is 0 Å². The zero-order valence-electron chi connectivity index (χ0n) is 10.5. The van der Waals surface area contributed by atoms with Crippen LogP contribution in [0.3, 0.4) is 0 Å². The minimum Gasteiger partial charge on any atom is -0.339 e. The standard InChI is InChI=1S/C13H16Cl2N2OS/c14-11-2-1-10(12(15)7-11)8-19-9-13(18)17-5-3-16-4-6-17/h1-2,7,16H,3-6,8-9H2. The van der Waals surface area contributed by atoms with Crippen molar-refractivity contribution >= 4 is 40.9 Å². The van der Waals surface area contributed by atoms with Gasteiger partial charge < -0.3 is 10.2 Å². The van der Waals surface area contributed by atoms with E-state index in [-0.39, 0.29) is 5.91 Å². The number of hydrogen-bond donors (Lipinski definition) is 1.